The van der Waals surface area contributed by atoms with Gasteiger partial charge in [0.1, 0.15) is 0 Å². The predicted molar refractivity (Wildman–Crippen MR) is 65.6 cm³/mol. The maximum Gasteiger partial charge on any atom is 0.0590 e. The summed E-state index contributed by atoms with van der Waals surface area (Å²) in [5, 5.41) is 3.83. The molecule has 0 amide bonds. The van der Waals surface area contributed by atoms with Gasteiger partial charge >= 0.3 is 0 Å². The van der Waals surface area contributed by atoms with E-state index in [4.69, 9.17) is 16.3 Å². The molecule has 0 aliphatic heterocycles. The molecule has 3 heteroatoms. The predicted octanol–water partition coefficient (Wildman–Crippen LogP) is 2.80. The maximum absolute atomic E-state index is 6.27. The Labute approximate surface area is 98.7 Å². The molecule has 0 spiro atoms. The number of nitrogens with one attached hydrogen (secondary N) is 1. The van der Waals surface area contributed by atoms with Crippen LogP contribution in [0.5, 0.6) is 0 Å². The van der Waals surface area contributed by atoms with Crippen molar-refractivity contribution >= 4 is 11.6 Å². The van der Waals surface area contributed by atoms with Crippen molar-refractivity contribution in [2.45, 2.75) is 44.4 Å². The van der Waals surface area contributed by atoms with Crippen LogP contribution in [-0.4, -0.2) is 31.7 Å². The third kappa shape index (κ3) is 5.74. The molecule has 1 N–H and O–H groups in total. The third-order valence-electron chi connectivity index (χ3n) is 2.99. The summed E-state index contributed by atoms with van der Waals surface area (Å²) in [6.45, 7) is 5.86. The third-order valence-corrected chi connectivity index (χ3v) is 3.57. The highest BCUT2D eigenvalue weighted by atomic mass is 35.5. The maximum atomic E-state index is 6.27. The first kappa shape index (κ1) is 13.3. The first-order chi connectivity index (χ1) is 7.34. The molecule has 0 bridgehead atoms. The summed E-state index contributed by atoms with van der Waals surface area (Å²) >= 11 is 6.27. The van der Waals surface area contributed by atoms with Gasteiger partial charge in [0.25, 0.3) is 0 Å². The minimum absolute atomic E-state index is 0.391. The molecule has 0 aromatic heterocycles. The Morgan fingerprint density at radius 2 is 2.07 bits per heavy atom. The van der Waals surface area contributed by atoms with Gasteiger partial charge in [0, 0.05) is 18.5 Å². The minimum Gasteiger partial charge on any atom is -0.380 e. The molecule has 0 radical (unpaired) electrons. The summed E-state index contributed by atoms with van der Waals surface area (Å²) in [6, 6.07) is 0. The van der Waals surface area contributed by atoms with Crippen molar-refractivity contribution in [2.24, 2.45) is 5.92 Å². The average molecular weight is 234 g/mol. The molecule has 0 saturated heterocycles. The number of halogens is 1. The Morgan fingerprint density at radius 1 is 1.27 bits per heavy atom. The molecule has 2 unspecified atom stereocenters. The minimum atomic E-state index is 0.391. The van der Waals surface area contributed by atoms with Crippen molar-refractivity contribution in [1.82, 2.24) is 5.32 Å². The Hall–Kier alpha value is 0.210. The molecule has 0 aromatic rings. The summed E-state index contributed by atoms with van der Waals surface area (Å²) in [6.07, 6.45) is 6.25. The lowest BCUT2D eigenvalue weighted by Gasteiger charge is -2.27. The van der Waals surface area contributed by atoms with Crippen molar-refractivity contribution in [3.8, 4) is 0 Å². The first-order valence-corrected chi connectivity index (χ1v) is 6.70. The summed E-state index contributed by atoms with van der Waals surface area (Å²) in [5.41, 5.74) is 0. The molecule has 1 saturated carbocycles. The van der Waals surface area contributed by atoms with E-state index in [0.717, 1.165) is 32.7 Å². The Bertz CT molecular complexity index is 155. The smallest absolute Gasteiger partial charge is 0.0590 e. The van der Waals surface area contributed by atoms with Crippen LogP contribution in [0.2, 0.25) is 0 Å². The second-order valence-electron chi connectivity index (χ2n) is 4.38. The molecular weight excluding hydrogens is 210 g/mol. The van der Waals surface area contributed by atoms with Gasteiger partial charge in [-0.2, -0.15) is 0 Å². The van der Waals surface area contributed by atoms with Crippen LogP contribution in [0, 0.1) is 5.92 Å². The molecule has 1 aliphatic rings. The van der Waals surface area contributed by atoms with Crippen LogP contribution >= 0.6 is 11.6 Å². The van der Waals surface area contributed by atoms with Crippen molar-refractivity contribution < 1.29 is 4.74 Å². The van der Waals surface area contributed by atoms with Gasteiger partial charge in [-0.1, -0.05) is 19.8 Å². The molecule has 0 aromatic carbocycles. The van der Waals surface area contributed by atoms with E-state index in [1.807, 2.05) is 0 Å². The van der Waals surface area contributed by atoms with Crippen LogP contribution in [0.25, 0.3) is 0 Å². The van der Waals surface area contributed by atoms with Crippen molar-refractivity contribution in [2.75, 3.05) is 26.3 Å². The van der Waals surface area contributed by atoms with Gasteiger partial charge in [0.15, 0.2) is 0 Å². The molecule has 2 atom stereocenters. The zero-order valence-electron chi connectivity index (χ0n) is 9.80. The molecule has 0 heterocycles. The second-order valence-corrected chi connectivity index (χ2v) is 4.94. The monoisotopic (exact) mass is 233 g/mol. The lowest BCUT2D eigenvalue weighted by Crippen LogP contribution is -2.32. The number of alkyl halides is 1. The largest absolute Gasteiger partial charge is 0.380 e. The summed E-state index contributed by atoms with van der Waals surface area (Å²) < 4.78 is 5.40. The van der Waals surface area contributed by atoms with Crippen molar-refractivity contribution in [1.29, 1.82) is 0 Å². The molecule has 90 valence electrons. The van der Waals surface area contributed by atoms with Gasteiger partial charge < -0.3 is 10.1 Å². The van der Waals surface area contributed by atoms with Crippen LogP contribution in [0.3, 0.4) is 0 Å². The fraction of sp³-hybridized carbons (Fsp3) is 1.00. The van der Waals surface area contributed by atoms with Crippen molar-refractivity contribution in [3.63, 3.8) is 0 Å². The lowest BCUT2D eigenvalue weighted by atomic mass is 9.89. The second kappa shape index (κ2) is 8.37. The number of hydrogen-bond acceptors (Lipinski definition) is 2. The van der Waals surface area contributed by atoms with Crippen LogP contribution in [0.15, 0.2) is 0 Å². The highest BCUT2D eigenvalue weighted by Crippen LogP contribution is 2.27. The topological polar surface area (TPSA) is 21.3 Å². The zero-order chi connectivity index (χ0) is 10.9. The molecular formula is C12H24ClNO. The van der Waals surface area contributed by atoms with E-state index in [2.05, 4.69) is 12.2 Å². The summed E-state index contributed by atoms with van der Waals surface area (Å²) in [7, 11) is 0. The highest BCUT2D eigenvalue weighted by molar-refractivity contribution is 6.20. The Kier molecular flexibility index (Phi) is 7.41. The molecule has 1 aliphatic carbocycles. The van der Waals surface area contributed by atoms with Crippen LogP contribution in [0.1, 0.15) is 39.0 Å². The van der Waals surface area contributed by atoms with Gasteiger partial charge in [-0.15, -0.1) is 11.6 Å². The molecule has 1 fully saturated rings. The van der Waals surface area contributed by atoms with Gasteiger partial charge in [0.2, 0.25) is 0 Å². The van der Waals surface area contributed by atoms with Gasteiger partial charge in [-0.3, -0.25) is 0 Å². The molecule has 1 rings (SSSR count). The van der Waals surface area contributed by atoms with E-state index in [0.29, 0.717) is 11.3 Å². The quantitative estimate of drug-likeness (QED) is 0.540. The SMILES string of the molecule is CCCOCCNCC1CCCCC1Cl. The van der Waals surface area contributed by atoms with E-state index < -0.39 is 0 Å². The van der Waals surface area contributed by atoms with Gasteiger partial charge in [0.05, 0.1) is 6.61 Å². The van der Waals surface area contributed by atoms with Crippen LogP contribution in [-0.2, 0) is 4.74 Å². The van der Waals surface area contributed by atoms with E-state index in [9.17, 15) is 0 Å². The van der Waals surface area contributed by atoms with Crippen LogP contribution < -0.4 is 5.32 Å². The van der Waals surface area contributed by atoms with E-state index in [1.54, 1.807) is 0 Å². The van der Waals surface area contributed by atoms with Gasteiger partial charge in [-0.25, -0.2) is 0 Å². The number of rotatable bonds is 7. The fourth-order valence-electron chi connectivity index (χ4n) is 2.07. The average Bonchev–Trinajstić information content (AvgIpc) is 2.25. The lowest BCUT2D eigenvalue weighted by molar-refractivity contribution is 0.135. The van der Waals surface area contributed by atoms with E-state index in [1.165, 1.54) is 25.7 Å². The summed E-state index contributed by atoms with van der Waals surface area (Å²) in [4.78, 5) is 0. The fourth-order valence-corrected chi connectivity index (χ4v) is 2.44. The van der Waals surface area contributed by atoms with Gasteiger partial charge in [-0.05, 0) is 31.7 Å². The standard InChI is InChI=1S/C12H24ClNO/c1-2-8-15-9-7-14-10-11-5-3-4-6-12(11)13/h11-12,14H,2-10H2,1H3. The van der Waals surface area contributed by atoms with E-state index in [-0.39, 0.29) is 0 Å². The van der Waals surface area contributed by atoms with Crippen molar-refractivity contribution in [3.05, 3.63) is 0 Å². The normalized spacial score (nSPS) is 26.8. The Morgan fingerprint density at radius 3 is 2.80 bits per heavy atom. The first-order valence-electron chi connectivity index (χ1n) is 6.27. The molecule has 15 heavy (non-hydrogen) atoms. The number of ether oxygens (including phenoxy) is 1. The Balaban J connectivity index is 1.94. The van der Waals surface area contributed by atoms with Crippen LogP contribution in [0.4, 0.5) is 0 Å². The summed E-state index contributed by atoms with van der Waals surface area (Å²) in [5.74, 6) is 0.673. The molecule has 2 nitrogen and oxygen atoms in total. The highest BCUT2D eigenvalue weighted by Gasteiger charge is 2.22. The van der Waals surface area contributed by atoms with E-state index >= 15 is 0 Å². The number of hydrogen-bond donors (Lipinski definition) is 1. The zero-order valence-corrected chi connectivity index (χ0v) is 10.6.